The van der Waals surface area contributed by atoms with E-state index in [-0.39, 0.29) is 98.1 Å². The van der Waals surface area contributed by atoms with Gasteiger partial charge in [0.05, 0.1) is 25.4 Å². The average Bonchev–Trinajstić information content (AvgIpc) is 3.26. The fourth-order valence-electron chi connectivity index (χ4n) is 7.93. The average molecular weight is 1030 g/mol. The van der Waals surface area contributed by atoms with Crippen LogP contribution in [0.4, 0.5) is 0 Å². The molecule has 0 saturated heterocycles. The first kappa shape index (κ1) is 62.8. The van der Waals surface area contributed by atoms with Crippen molar-refractivity contribution in [1.82, 2.24) is 0 Å². The summed E-state index contributed by atoms with van der Waals surface area (Å²) >= 11 is 0. The first-order valence-corrected chi connectivity index (χ1v) is 25.1. The van der Waals surface area contributed by atoms with Crippen LogP contribution < -0.4 is 10.2 Å². The summed E-state index contributed by atoms with van der Waals surface area (Å²) in [5.74, 6) is -2.42. The maximum Gasteiger partial charge on any atom is 2.00 e. The van der Waals surface area contributed by atoms with Gasteiger partial charge >= 0.3 is 60.8 Å². The molecule has 0 radical (unpaired) electrons. The Labute approximate surface area is 434 Å². The van der Waals surface area contributed by atoms with Gasteiger partial charge in [0, 0.05) is 25.8 Å². The normalized spacial score (nSPS) is 12.7. The van der Waals surface area contributed by atoms with Gasteiger partial charge in [-0.2, -0.15) is 0 Å². The second-order valence-corrected chi connectivity index (χ2v) is 17.5. The molecule has 364 valence electrons. The molecule has 0 fully saturated rings. The molecule has 2 aromatic rings. The number of ether oxygens (including phenoxy) is 4. The van der Waals surface area contributed by atoms with Gasteiger partial charge in [-0.25, -0.2) is 0 Å². The van der Waals surface area contributed by atoms with Crippen molar-refractivity contribution in [1.29, 1.82) is 0 Å². The van der Waals surface area contributed by atoms with Gasteiger partial charge in [-0.1, -0.05) is 152 Å². The van der Waals surface area contributed by atoms with Crippen LogP contribution in [0.15, 0.2) is 60.7 Å². The smallest absolute Gasteiger partial charge is 0.550 e. The first-order valence-electron chi connectivity index (χ1n) is 25.1. The third-order valence-corrected chi connectivity index (χ3v) is 11.5. The largest absolute Gasteiger partial charge is 2.00 e. The number of rotatable bonds is 40. The molecule has 10 nitrogen and oxygen atoms in total. The zero-order chi connectivity index (χ0) is 46.9. The van der Waals surface area contributed by atoms with Crippen molar-refractivity contribution in [3.05, 3.63) is 71.8 Å². The number of carbonyl (C=O) groups is 4. The summed E-state index contributed by atoms with van der Waals surface area (Å²) in [7, 11) is 0. The molecule has 0 saturated carbocycles. The number of carboxylic acids is 2. The molecule has 0 spiro atoms. The van der Waals surface area contributed by atoms with E-state index in [1.54, 1.807) is 0 Å². The Hall–Kier alpha value is -2.19. The van der Waals surface area contributed by atoms with Crippen LogP contribution in [0, 0.1) is 0 Å². The molecule has 2 aromatic carbocycles. The van der Waals surface area contributed by atoms with Crippen LogP contribution in [0.25, 0.3) is 0 Å². The summed E-state index contributed by atoms with van der Waals surface area (Å²) in [4.78, 5) is 44.4. The molecule has 0 N–H and O–H groups in total. The van der Waals surface area contributed by atoms with Crippen molar-refractivity contribution in [2.75, 3.05) is 0 Å². The van der Waals surface area contributed by atoms with E-state index in [1.165, 1.54) is 78.1 Å². The number of hydrogen-bond acceptors (Lipinski definition) is 10. The van der Waals surface area contributed by atoms with Crippen LogP contribution in [0.1, 0.15) is 219 Å². The van der Waals surface area contributed by atoms with E-state index >= 15 is 0 Å². The zero-order valence-corrected chi connectivity index (χ0v) is 45.5. The van der Waals surface area contributed by atoms with Crippen molar-refractivity contribution in [3.8, 4) is 0 Å². The molecule has 11 heteroatoms. The van der Waals surface area contributed by atoms with Crippen molar-refractivity contribution >= 4 is 72.8 Å². The Morgan fingerprint density at radius 3 is 1.00 bits per heavy atom. The zero-order valence-electron chi connectivity index (χ0n) is 41.1. The van der Waals surface area contributed by atoms with Gasteiger partial charge in [-0.15, -0.1) is 0 Å². The third-order valence-electron chi connectivity index (χ3n) is 11.5. The molecule has 0 aromatic heterocycles. The van der Waals surface area contributed by atoms with Gasteiger partial charge in [0.25, 0.3) is 0 Å². The number of carboxylic acid groups (broad SMARTS) is 2. The minimum atomic E-state index is -1.01. The van der Waals surface area contributed by atoms with Gasteiger partial charge in [-0.05, 0) is 114 Å². The predicted molar refractivity (Wildman–Crippen MR) is 258 cm³/mol. The Bertz CT molecular complexity index is 1320. The fraction of sp³-hybridized carbons (Fsp3) is 0.704. The van der Waals surface area contributed by atoms with Crippen molar-refractivity contribution in [2.45, 2.75) is 245 Å². The molecular formula is C54H86BaO10. The Balaban J connectivity index is 0.00000124. The SMILES string of the molecule is CCCCCCCCC(CCCCC(CCCC(=O)[O-])OCc1ccccc1)OC(C)=O.CCCCCCCCC(CCCCC(CCCC(=O)[O-])OCc1ccccc1)OC(C)=O.[Ba+2]. The van der Waals surface area contributed by atoms with Crippen LogP contribution >= 0.6 is 0 Å². The minimum absolute atomic E-state index is 0. The predicted octanol–water partition coefficient (Wildman–Crippen LogP) is 11.1. The first-order chi connectivity index (χ1) is 31.0. The molecular weight excluding hydrogens is 946 g/mol. The van der Waals surface area contributed by atoms with Crippen LogP contribution in [0.3, 0.4) is 0 Å². The topological polar surface area (TPSA) is 151 Å². The van der Waals surface area contributed by atoms with Gasteiger partial charge in [0.2, 0.25) is 0 Å². The molecule has 2 rings (SSSR count). The maximum atomic E-state index is 11.5. The van der Waals surface area contributed by atoms with E-state index in [1.807, 2.05) is 60.7 Å². The summed E-state index contributed by atoms with van der Waals surface area (Å²) < 4.78 is 23.3. The molecule has 0 amide bonds. The number of hydrogen-bond donors (Lipinski definition) is 0. The van der Waals surface area contributed by atoms with Gasteiger partial charge in [0.15, 0.2) is 0 Å². The number of carbonyl (C=O) groups excluding carboxylic acids is 4. The maximum absolute atomic E-state index is 11.5. The monoisotopic (exact) mass is 1030 g/mol. The quantitative estimate of drug-likeness (QED) is 0.0358. The fourth-order valence-corrected chi connectivity index (χ4v) is 7.93. The van der Waals surface area contributed by atoms with Gasteiger partial charge in [0.1, 0.15) is 12.2 Å². The van der Waals surface area contributed by atoms with Crippen LogP contribution in [0.5, 0.6) is 0 Å². The summed E-state index contributed by atoms with van der Waals surface area (Å²) in [5.41, 5.74) is 2.23. The van der Waals surface area contributed by atoms with E-state index in [9.17, 15) is 29.4 Å². The molecule has 0 bridgehead atoms. The summed E-state index contributed by atoms with van der Waals surface area (Å²) in [6, 6.07) is 20.0. The number of aliphatic carboxylic acids is 2. The Morgan fingerprint density at radius 2 is 0.692 bits per heavy atom. The molecule has 65 heavy (non-hydrogen) atoms. The van der Waals surface area contributed by atoms with Crippen molar-refractivity contribution < 1.29 is 48.3 Å². The van der Waals surface area contributed by atoms with E-state index in [0.717, 1.165) is 88.2 Å². The van der Waals surface area contributed by atoms with E-state index in [0.29, 0.717) is 38.9 Å². The molecule has 0 heterocycles. The number of benzene rings is 2. The number of esters is 2. The standard InChI is InChI=1S/2C27H44O5.Ba/c2*1-3-4-5-6-7-11-18-26(32-23(2)28)19-13-12-17-25(20-14-21-27(29)30)31-22-24-15-9-8-10-16-24;/h2*8-10,15-16,25-26H,3-7,11-14,17-22H2,1-2H3,(H,29,30);/q;;+2/p-2. The summed E-state index contributed by atoms with van der Waals surface area (Å²) in [6.45, 7) is 8.47. The van der Waals surface area contributed by atoms with Crippen molar-refractivity contribution in [3.63, 3.8) is 0 Å². The molecule has 0 aliphatic carbocycles. The van der Waals surface area contributed by atoms with E-state index in [4.69, 9.17) is 18.9 Å². The second-order valence-electron chi connectivity index (χ2n) is 17.5. The molecule has 0 aliphatic heterocycles. The molecule has 4 unspecified atom stereocenters. The van der Waals surface area contributed by atoms with E-state index < -0.39 is 11.9 Å². The third kappa shape index (κ3) is 40.6. The Kier molecular flexibility index (Phi) is 42.8. The van der Waals surface area contributed by atoms with Gasteiger partial charge < -0.3 is 38.7 Å². The summed E-state index contributed by atoms with van der Waals surface area (Å²) in [5, 5.41) is 21.5. The van der Waals surface area contributed by atoms with Gasteiger partial charge in [-0.3, -0.25) is 9.59 Å². The second kappa shape index (κ2) is 44.3. The summed E-state index contributed by atoms with van der Waals surface area (Å²) in [6.07, 6.45) is 26.8. The number of unbranched alkanes of at least 4 members (excludes halogenated alkanes) is 12. The van der Waals surface area contributed by atoms with Crippen LogP contribution in [0.2, 0.25) is 0 Å². The van der Waals surface area contributed by atoms with E-state index in [2.05, 4.69) is 13.8 Å². The minimum Gasteiger partial charge on any atom is -0.550 e. The van der Waals surface area contributed by atoms with Crippen LogP contribution in [-0.4, -0.2) is 97.2 Å². The molecule has 4 atom stereocenters. The van der Waals surface area contributed by atoms with Crippen molar-refractivity contribution in [2.24, 2.45) is 0 Å². The van der Waals surface area contributed by atoms with Crippen LogP contribution in [-0.2, 0) is 51.3 Å². The Morgan fingerprint density at radius 1 is 0.415 bits per heavy atom. The molecule has 0 aliphatic rings.